The maximum atomic E-state index is 14.4. The predicted octanol–water partition coefficient (Wildman–Crippen LogP) is 2.71. The number of aromatic nitrogens is 5. The number of hydrogen-bond donors (Lipinski definition) is 3. The van der Waals surface area contributed by atoms with Crippen molar-refractivity contribution in [3.8, 4) is 11.3 Å². The number of rotatable bonds is 4. The maximum absolute atomic E-state index is 14.4. The van der Waals surface area contributed by atoms with Gasteiger partial charge in [-0.15, -0.1) is 0 Å². The smallest absolute Gasteiger partial charge is 0.229 e. The van der Waals surface area contributed by atoms with Crippen LogP contribution in [0.15, 0.2) is 49.1 Å². The lowest BCUT2D eigenvalue weighted by atomic mass is 10.1. The van der Waals surface area contributed by atoms with Crippen LogP contribution in [-0.2, 0) is 0 Å². The van der Waals surface area contributed by atoms with Crippen molar-refractivity contribution in [2.45, 2.75) is 0 Å². The molecule has 146 valence electrons. The van der Waals surface area contributed by atoms with Crippen molar-refractivity contribution >= 4 is 28.5 Å². The van der Waals surface area contributed by atoms with Crippen LogP contribution in [0.5, 0.6) is 0 Å². The maximum Gasteiger partial charge on any atom is 0.229 e. The fourth-order valence-corrected chi connectivity index (χ4v) is 3.45. The molecule has 0 atom stereocenters. The Hall–Kier alpha value is -3.59. The minimum atomic E-state index is -0.498. The minimum absolute atomic E-state index is 0.208. The van der Waals surface area contributed by atoms with Crippen LogP contribution in [-0.4, -0.2) is 51.1 Å². The van der Waals surface area contributed by atoms with Crippen LogP contribution in [0, 0.1) is 5.82 Å². The summed E-state index contributed by atoms with van der Waals surface area (Å²) in [5.74, 6) is 0.381. The van der Waals surface area contributed by atoms with Crippen LogP contribution in [0.1, 0.15) is 0 Å². The molecule has 0 saturated carbocycles. The Bertz CT molecular complexity index is 1130. The highest BCUT2D eigenvalue weighted by Gasteiger charge is 2.15. The van der Waals surface area contributed by atoms with E-state index in [0.717, 1.165) is 43.4 Å². The molecule has 0 unspecified atom stereocenters. The van der Waals surface area contributed by atoms with E-state index in [4.69, 9.17) is 0 Å². The fourth-order valence-electron chi connectivity index (χ4n) is 3.45. The number of H-pyrrole nitrogens is 1. The highest BCUT2D eigenvalue weighted by atomic mass is 19.1. The van der Waals surface area contributed by atoms with E-state index >= 15 is 0 Å². The molecule has 0 amide bonds. The van der Waals surface area contributed by atoms with E-state index in [9.17, 15) is 4.39 Å². The largest absolute Gasteiger partial charge is 0.368 e. The number of aromatic amines is 1. The van der Waals surface area contributed by atoms with Gasteiger partial charge in [0, 0.05) is 49.5 Å². The molecule has 0 spiro atoms. The lowest BCUT2D eigenvalue weighted by Gasteiger charge is -2.29. The van der Waals surface area contributed by atoms with Gasteiger partial charge in [-0.3, -0.25) is 0 Å². The van der Waals surface area contributed by atoms with Gasteiger partial charge >= 0.3 is 0 Å². The van der Waals surface area contributed by atoms with Gasteiger partial charge < -0.3 is 20.5 Å². The molecular formula is C20H19FN8. The monoisotopic (exact) mass is 390 g/mol. The van der Waals surface area contributed by atoms with E-state index < -0.39 is 5.82 Å². The SMILES string of the molecule is Fc1cnc(Nc2ccc(N3CCNCC3)cn2)nc1-c1c[nH]c2ncccc12. The highest BCUT2D eigenvalue weighted by molar-refractivity contribution is 5.92. The summed E-state index contributed by atoms with van der Waals surface area (Å²) >= 11 is 0. The number of anilines is 3. The van der Waals surface area contributed by atoms with Crippen LogP contribution in [0.3, 0.4) is 0 Å². The normalized spacial score (nSPS) is 14.3. The zero-order chi connectivity index (χ0) is 19.6. The zero-order valence-corrected chi connectivity index (χ0v) is 15.6. The van der Waals surface area contributed by atoms with Crippen molar-refractivity contribution in [2.24, 2.45) is 0 Å². The third-order valence-electron chi connectivity index (χ3n) is 4.92. The zero-order valence-electron chi connectivity index (χ0n) is 15.6. The van der Waals surface area contributed by atoms with Crippen LogP contribution in [0.2, 0.25) is 0 Å². The summed E-state index contributed by atoms with van der Waals surface area (Å²) in [6.45, 7) is 3.85. The van der Waals surface area contributed by atoms with Gasteiger partial charge in [-0.05, 0) is 24.3 Å². The van der Waals surface area contributed by atoms with Gasteiger partial charge in [0.2, 0.25) is 5.95 Å². The third-order valence-corrected chi connectivity index (χ3v) is 4.92. The molecule has 1 saturated heterocycles. The molecule has 1 aliphatic rings. The third kappa shape index (κ3) is 3.47. The minimum Gasteiger partial charge on any atom is -0.368 e. The standard InChI is InChI=1S/C20H19FN8/c21-16-12-26-20(28-18(16)15-11-25-19-14(15)2-1-5-23-19)27-17-4-3-13(10-24-17)29-8-6-22-7-9-29/h1-5,10-12,22H,6-9H2,(H,23,25)(H,24,26,27,28). The summed E-state index contributed by atoms with van der Waals surface area (Å²) in [6, 6.07) is 7.57. The Balaban J connectivity index is 1.40. The average molecular weight is 390 g/mol. The Morgan fingerprint density at radius 1 is 1.03 bits per heavy atom. The number of nitrogens with zero attached hydrogens (tertiary/aromatic N) is 5. The summed E-state index contributed by atoms with van der Waals surface area (Å²) in [6.07, 6.45) is 6.37. The number of nitrogens with one attached hydrogen (secondary N) is 3. The molecule has 0 aromatic carbocycles. The highest BCUT2D eigenvalue weighted by Crippen LogP contribution is 2.28. The molecule has 4 aromatic heterocycles. The van der Waals surface area contributed by atoms with Gasteiger partial charge in [-0.2, -0.15) is 0 Å². The first kappa shape index (κ1) is 17.5. The lowest BCUT2D eigenvalue weighted by Crippen LogP contribution is -2.43. The first-order valence-electron chi connectivity index (χ1n) is 9.42. The van der Waals surface area contributed by atoms with Gasteiger partial charge in [-0.25, -0.2) is 24.3 Å². The first-order chi connectivity index (χ1) is 14.3. The second-order valence-electron chi connectivity index (χ2n) is 6.76. The van der Waals surface area contributed by atoms with Crippen molar-refractivity contribution in [1.29, 1.82) is 0 Å². The molecule has 8 nitrogen and oxygen atoms in total. The van der Waals surface area contributed by atoms with Gasteiger partial charge in [0.15, 0.2) is 5.82 Å². The Kier molecular flexibility index (Phi) is 4.49. The number of halogens is 1. The Morgan fingerprint density at radius 2 is 1.93 bits per heavy atom. The summed E-state index contributed by atoms with van der Waals surface area (Å²) in [7, 11) is 0. The molecule has 9 heteroatoms. The number of fused-ring (bicyclic) bond motifs is 1. The second-order valence-corrected chi connectivity index (χ2v) is 6.76. The molecule has 29 heavy (non-hydrogen) atoms. The molecule has 3 N–H and O–H groups in total. The molecule has 4 aromatic rings. The Labute approximate surface area is 166 Å². The van der Waals surface area contributed by atoms with Crippen molar-refractivity contribution in [1.82, 2.24) is 30.2 Å². The van der Waals surface area contributed by atoms with E-state index in [1.165, 1.54) is 0 Å². The van der Waals surface area contributed by atoms with Crippen molar-refractivity contribution in [3.05, 3.63) is 54.9 Å². The fraction of sp³-hybridized carbons (Fsp3) is 0.200. The van der Waals surface area contributed by atoms with Crippen molar-refractivity contribution < 1.29 is 4.39 Å². The molecule has 0 bridgehead atoms. The van der Waals surface area contributed by atoms with E-state index in [-0.39, 0.29) is 11.6 Å². The topological polar surface area (TPSA) is 94.6 Å². The molecular weight excluding hydrogens is 371 g/mol. The summed E-state index contributed by atoms with van der Waals surface area (Å²) in [4.78, 5) is 22.4. The van der Waals surface area contributed by atoms with E-state index in [1.807, 2.05) is 30.5 Å². The van der Waals surface area contributed by atoms with Crippen LogP contribution in [0.4, 0.5) is 21.8 Å². The summed E-state index contributed by atoms with van der Waals surface area (Å²) in [5.41, 5.74) is 2.60. The molecule has 5 heterocycles. The van der Waals surface area contributed by atoms with E-state index in [2.05, 4.69) is 40.5 Å². The second kappa shape index (κ2) is 7.44. The van der Waals surface area contributed by atoms with Gasteiger partial charge in [-0.1, -0.05) is 0 Å². The number of piperazine rings is 1. The summed E-state index contributed by atoms with van der Waals surface area (Å²) < 4.78 is 14.4. The van der Waals surface area contributed by atoms with Crippen LogP contribution in [0.25, 0.3) is 22.3 Å². The number of hydrogen-bond acceptors (Lipinski definition) is 7. The molecule has 0 aliphatic carbocycles. The van der Waals surface area contributed by atoms with E-state index in [1.54, 1.807) is 12.4 Å². The first-order valence-corrected chi connectivity index (χ1v) is 9.42. The van der Waals surface area contributed by atoms with Gasteiger partial charge in [0.05, 0.1) is 18.1 Å². The Morgan fingerprint density at radius 3 is 2.76 bits per heavy atom. The van der Waals surface area contributed by atoms with Crippen LogP contribution < -0.4 is 15.5 Å². The predicted molar refractivity (Wildman–Crippen MR) is 110 cm³/mol. The van der Waals surface area contributed by atoms with Gasteiger partial charge in [0.25, 0.3) is 0 Å². The quantitative estimate of drug-likeness (QED) is 0.493. The van der Waals surface area contributed by atoms with E-state index in [0.29, 0.717) is 17.0 Å². The molecule has 0 radical (unpaired) electrons. The molecule has 5 rings (SSSR count). The van der Waals surface area contributed by atoms with Crippen molar-refractivity contribution in [3.63, 3.8) is 0 Å². The molecule has 1 aliphatic heterocycles. The number of pyridine rings is 2. The van der Waals surface area contributed by atoms with Crippen LogP contribution >= 0.6 is 0 Å². The average Bonchev–Trinajstić information content (AvgIpc) is 3.20. The lowest BCUT2D eigenvalue weighted by molar-refractivity contribution is 0.589. The summed E-state index contributed by atoms with van der Waals surface area (Å²) in [5, 5.41) is 7.19. The van der Waals surface area contributed by atoms with Crippen molar-refractivity contribution in [2.75, 3.05) is 36.4 Å². The molecule has 1 fully saturated rings. The van der Waals surface area contributed by atoms with Gasteiger partial charge in [0.1, 0.15) is 17.2 Å².